The number of nitrogens with one attached hydrogen (secondary N) is 1. The van der Waals surface area contributed by atoms with E-state index in [4.69, 9.17) is 4.52 Å². The van der Waals surface area contributed by atoms with Crippen LogP contribution in [0.2, 0.25) is 0 Å². The topological polar surface area (TPSA) is 51.0 Å². The Bertz CT molecular complexity index is 343. The van der Waals surface area contributed by atoms with Gasteiger partial charge in [-0.25, -0.2) is 0 Å². The van der Waals surface area contributed by atoms with Crippen LogP contribution in [0, 0.1) is 18.8 Å². The van der Waals surface area contributed by atoms with Gasteiger partial charge in [-0.15, -0.1) is 0 Å². The van der Waals surface area contributed by atoms with E-state index >= 15 is 0 Å². The number of aromatic nitrogens is 2. The summed E-state index contributed by atoms with van der Waals surface area (Å²) in [4.78, 5) is 4.32. The summed E-state index contributed by atoms with van der Waals surface area (Å²) in [6, 6.07) is 0. The van der Waals surface area contributed by atoms with Gasteiger partial charge in [0.15, 0.2) is 5.82 Å². The minimum Gasteiger partial charge on any atom is -0.339 e. The Balaban J connectivity index is 1.63. The van der Waals surface area contributed by atoms with Crippen molar-refractivity contribution in [3.05, 3.63) is 11.7 Å². The smallest absolute Gasteiger partial charge is 0.230 e. The molecule has 0 bridgehead atoms. The summed E-state index contributed by atoms with van der Waals surface area (Å²) in [6.45, 7) is 4.24. The Labute approximate surface area is 89.4 Å². The van der Waals surface area contributed by atoms with Crippen LogP contribution in [-0.4, -0.2) is 23.2 Å². The number of hydrogen-bond acceptors (Lipinski definition) is 4. The Morgan fingerprint density at radius 1 is 1.33 bits per heavy atom. The van der Waals surface area contributed by atoms with Crippen molar-refractivity contribution in [3.8, 4) is 0 Å². The maximum atomic E-state index is 5.23. The summed E-state index contributed by atoms with van der Waals surface area (Å²) < 4.78 is 5.23. The van der Waals surface area contributed by atoms with Gasteiger partial charge in [-0.05, 0) is 51.1 Å². The highest BCUT2D eigenvalue weighted by Crippen LogP contribution is 2.53. The predicted octanol–water partition coefficient (Wildman–Crippen LogP) is 1.48. The molecule has 4 nitrogen and oxygen atoms in total. The van der Waals surface area contributed by atoms with Gasteiger partial charge in [0.25, 0.3) is 0 Å². The Kier molecular flexibility index (Phi) is 2.24. The zero-order valence-electron chi connectivity index (χ0n) is 9.07. The van der Waals surface area contributed by atoms with Gasteiger partial charge in [0, 0.05) is 5.92 Å². The van der Waals surface area contributed by atoms with Gasteiger partial charge < -0.3 is 9.84 Å². The lowest BCUT2D eigenvalue weighted by molar-refractivity contribution is 0.316. The molecule has 1 N–H and O–H groups in total. The van der Waals surface area contributed by atoms with E-state index in [1.807, 2.05) is 6.92 Å². The monoisotopic (exact) mass is 207 g/mol. The highest BCUT2D eigenvalue weighted by Gasteiger charge is 2.47. The second-order valence-corrected chi connectivity index (χ2v) is 4.77. The number of rotatable bonds is 2. The molecule has 1 saturated heterocycles. The van der Waals surface area contributed by atoms with Crippen LogP contribution in [0.25, 0.3) is 0 Å². The van der Waals surface area contributed by atoms with E-state index in [9.17, 15) is 0 Å². The van der Waals surface area contributed by atoms with E-state index in [-0.39, 0.29) is 0 Å². The molecule has 0 unspecified atom stereocenters. The van der Waals surface area contributed by atoms with Crippen LogP contribution in [0.1, 0.15) is 36.9 Å². The molecule has 1 aliphatic carbocycles. The van der Waals surface area contributed by atoms with Crippen molar-refractivity contribution in [2.75, 3.05) is 13.1 Å². The molecule has 15 heavy (non-hydrogen) atoms. The van der Waals surface area contributed by atoms with Gasteiger partial charge in [0.05, 0.1) is 0 Å². The van der Waals surface area contributed by atoms with Crippen LogP contribution >= 0.6 is 0 Å². The summed E-state index contributed by atoms with van der Waals surface area (Å²) in [5.41, 5.74) is 0. The summed E-state index contributed by atoms with van der Waals surface area (Å²) in [5, 5.41) is 7.26. The standard InChI is InChI=1S/C11H17N3O/c1-7-13-11(15-14-7)10-6-9(10)8-2-4-12-5-3-8/h8-10,12H,2-6H2,1H3/t9-,10+/m0/s1. The van der Waals surface area contributed by atoms with E-state index in [0.29, 0.717) is 5.92 Å². The van der Waals surface area contributed by atoms with E-state index in [1.165, 1.54) is 32.4 Å². The average Bonchev–Trinajstić information content (AvgIpc) is 2.96. The largest absolute Gasteiger partial charge is 0.339 e. The molecule has 0 amide bonds. The second kappa shape index (κ2) is 3.59. The number of piperidine rings is 1. The van der Waals surface area contributed by atoms with Crippen molar-refractivity contribution in [1.29, 1.82) is 0 Å². The third-order valence-electron chi connectivity index (χ3n) is 3.69. The van der Waals surface area contributed by atoms with E-state index in [1.54, 1.807) is 0 Å². The van der Waals surface area contributed by atoms with E-state index < -0.39 is 0 Å². The number of nitrogens with zero attached hydrogens (tertiary/aromatic N) is 2. The first-order valence-corrected chi connectivity index (χ1v) is 5.85. The molecule has 2 aliphatic rings. The fourth-order valence-corrected chi connectivity index (χ4v) is 2.76. The van der Waals surface area contributed by atoms with Crippen LogP contribution in [0.3, 0.4) is 0 Å². The first-order chi connectivity index (χ1) is 7.34. The summed E-state index contributed by atoms with van der Waals surface area (Å²) >= 11 is 0. The molecule has 0 aromatic carbocycles. The second-order valence-electron chi connectivity index (χ2n) is 4.77. The first-order valence-electron chi connectivity index (χ1n) is 5.85. The SMILES string of the molecule is Cc1noc([C@@H]2C[C@H]2C2CCNCC2)n1. The molecule has 1 aromatic rings. The first kappa shape index (κ1) is 9.33. The predicted molar refractivity (Wildman–Crippen MR) is 55.5 cm³/mol. The third-order valence-corrected chi connectivity index (χ3v) is 3.69. The maximum absolute atomic E-state index is 5.23. The van der Waals surface area contributed by atoms with Gasteiger partial charge in [0.1, 0.15) is 0 Å². The van der Waals surface area contributed by atoms with Crippen molar-refractivity contribution in [2.45, 2.75) is 32.1 Å². The lowest BCUT2D eigenvalue weighted by atomic mass is 9.92. The number of aryl methyl sites for hydroxylation is 1. The molecular formula is C11H17N3O. The molecule has 0 spiro atoms. The van der Waals surface area contributed by atoms with Gasteiger partial charge in [0.2, 0.25) is 5.89 Å². The normalized spacial score (nSPS) is 31.8. The van der Waals surface area contributed by atoms with E-state index in [2.05, 4.69) is 15.5 Å². The summed E-state index contributed by atoms with van der Waals surface area (Å²) in [6.07, 6.45) is 3.88. The average molecular weight is 207 g/mol. The molecule has 2 fully saturated rings. The van der Waals surface area contributed by atoms with Crippen molar-refractivity contribution >= 4 is 0 Å². The molecule has 1 aromatic heterocycles. The van der Waals surface area contributed by atoms with Gasteiger partial charge in [-0.3, -0.25) is 0 Å². The van der Waals surface area contributed by atoms with Crippen LogP contribution in [-0.2, 0) is 0 Å². The van der Waals surface area contributed by atoms with Crippen molar-refractivity contribution < 1.29 is 4.52 Å². The maximum Gasteiger partial charge on any atom is 0.230 e. The summed E-state index contributed by atoms with van der Waals surface area (Å²) in [7, 11) is 0. The van der Waals surface area contributed by atoms with Crippen molar-refractivity contribution in [1.82, 2.24) is 15.5 Å². The zero-order chi connectivity index (χ0) is 10.3. The highest BCUT2D eigenvalue weighted by atomic mass is 16.5. The molecule has 82 valence electrons. The minimum absolute atomic E-state index is 0.564. The van der Waals surface area contributed by atoms with Crippen LogP contribution < -0.4 is 5.32 Å². The van der Waals surface area contributed by atoms with Crippen LogP contribution in [0.4, 0.5) is 0 Å². The van der Waals surface area contributed by atoms with Gasteiger partial charge >= 0.3 is 0 Å². The Morgan fingerprint density at radius 2 is 2.13 bits per heavy atom. The molecule has 4 heteroatoms. The molecular weight excluding hydrogens is 190 g/mol. The van der Waals surface area contributed by atoms with E-state index in [0.717, 1.165) is 23.6 Å². The van der Waals surface area contributed by atoms with Crippen LogP contribution in [0.5, 0.6) is 0 Å². The minimum atomic E-state index is 0.564. The Morgan fingerprint density at radius 3 is 2.80 bits per heavy atom. The molecule has 3 rings (SSSR count). The fraction of sp³-hybridized carbons (Fsp3) is 0.818. The Hall–Kier alpha value is -0.900. The molecule has 1 aliphatic heterocycles. The van der Waals surface area contributed by atoms with Crippen molar-refractivity contribution in [3.63, 3.8) is 0 Å². The third kappa shape index (κ3) is 1.78. The van der Waals surface area contributed by atoms with Gasteiger partial charge in [-0.2, -0.15) is 4.98 Å². The molecule has 1 saturated carbocycles. The lowest BCUT2D eigenvalue weighted by Crippen LogP contribution is -2.28. The summed E-state index contributed by atoms with van der Waals surface area (Å²) in [5.74, 6) is 3.89. The van der Waals surface area contributed by atoms with Crippen molar-refractivity contribution in [2.24, 2.45) is 11.8 Å². The highest BCUT2D eigenvalue weighted by molar-refractivity contribution is 5.09. The zero-order valence-corrected chi connectivity index (χ0v) is 9.07. The van der Waals surface area contributed by atoms with Crippen LogP contribution in [0.15, 0.2) is 4.52 Å². The molecule has 0 radical (unpaired) electrons. The molecule has 2 atom stereocenters. The molecule has 2 heterocycles. The fourth-order valence-electron chi connectivity index (χ4n) is 2.76. The quantitative estimate of drug-likeness (QED) is 0.798. The number of hydrogen-bond donors (Lipinski definition) is 1. The van der Waals surface area contributed by atoms with Gasteiger partial charge in [-0.1, -0.05) is 5.16 Å². The lowest BCUT2D eigenvalue weighted by Gasteiger charge is -2.22.